The summed E-state index contributed by atoms with van der Waals surface area (Å²) in [7, 11) is 1.22. The largest absolute Gasteiger partial charge is 0.465 e. The summed E-state index contributed by atoms with van der Waals surface area (Å²) in [5.41, 5.74) is 6.00. The van der Waals surface area contributed by atoms with Crippen molar-refractivity contribution in [2.24, 2.45) is 5.73 Å². The van der Waals surface area contributed by atoms with E-state index in [2.05, 4.69) is 0 Å². The number of benzene rings is 1. The van der Waals surface area contributed by atoms with Gasteiger partial charge in [0, 0.05) is 11.1 Å². The molecule has 6 nitrogen and oxygen atoms in total. The van der Waals surface area contributed by atoms with Crippen LogP contribution in [0.4, 0.5) is 0 Å². The molecule has 1 atom stereocenters. The van der Waals surface area contributed by atoms with E-state index in [0.29, 0.717) is 16.3 Å². The van der Waals surface area contributed by atoms with E-state index in [1.54, 1.807) is 37.3 Å². The molecular formula is C17H14ClNO5. The van der Waals surface area contributed by atoms with Gasteiger partial charge in [0.15, 0.2) is 0 Å². The number of aryl methyl sites for hydroxylation is 1. The summed E-state index contributed by atoms with van der Waals surface area (Å²) >= 11 is 6.28. The Morgan fingerprint density at radius 1 is 1.33 bits per heavy atom. The van der Waals surface area contributed by atoms with E-state index in [4.69, 9.17) is 31.2 Å². The Morgan fingerprint density at radius 2 is 2.04 bits per heavy atom. The molecule has 3 rings (SSSR count). The molecule has 7 heteroatoms. The first-order valence-electron chi connectivity index (χ1n) is 7.09. The highest BCUT2D eigenvalue weighted by Gasteiger charge is 2.39. The van der Waals surface area contributed by atoms with E-state index in [-0.39, 0.29) is 22.8 Å². The maximum Gasteiger partial charge on any atom is 0.343 e. The summed E-state index contributed by atoms with van der Waals surface area (Å²) in [5, 5.41) is 0.379. The molecular weight excluding hydrogens is 334 g/mol. The molecule has 1 aliphatic rings. The van der Waals surface area contributed by atoms with Crippen LogP contribution >= 0.6 is 11.6 Å². The Morgan fingerprint density at radius 3 is 2.71 bits per heavy atom. The highest BCUT2D eigenvalue weighted by molar-refractivity contribution is 6.31. The molecule has 0 radical (unpaired) electrons. The highest BCUT2D eigenvalue weighted by Crippen LogP contribution is 2.43. The second kappa shape index (κ2) is 6.05. The van der Waals surface area contributed by atoms with Gasteiger partial charge in [0.1, 0.15) is 17.1 Å². The second-order valence-electron chi connectivity index (χ2n) is 5.25. The predicted octanol–water partition coefficient (Wildman–Crippen LogP) is 2.47. The molecule has 2 aromatic rings. The van der Waals surface area contributed by atoms with Crippen molar-refractivity contribution in [3.05, 3.63) is 74.1 Å². The Labute approximate surface area is 142 Å². The van der Waals surface area contributed by atoms with Gasteiger partial charge in [-0.3, -0.25) is 0 Å². The standard InChI is InChI=1S/C17H14ClNO5/c1-8-7-11-13(17(21)23-8)12(9-5-3-4-6-10(9)18)14(15(19)24-11)16(20)22-2/h3-7,12H,19H2,1-2H3. The molecule has 2 N–H and O–H groups in total. The molecule has 1 aromatic heterocycles. The van der Waals surface area contributed by atoms with Crippen molar-refractivity contribution in [2.75, 3.05) is 7.11 Å². The fraction of sp³-hybridized carbons (Fsp3) is 0.176. The van der Waals surface area contributed by atoms with Crippen LogP contribution in [0.2, 0.25) is 5.02 Å². The van der Waals surface area contributed by atoms with Crippen LogP contribution in [0.5, 0.6) is 5.75 Å². The molecule has 0 saturated heterocycles. The highest BCUT2D eigenvalue weighted by atomic mass is 35.5. The first kappa shape index (κ1) is 16.1. The Balaban J connectivity index is 2.35. The van der Waals surface area contributed by atoms with Crippen LogP contribution in [-0.2, 0) is 9.53 Å². The molecule has 24 heavy (non-hydrogen) atoms. The number of nitrogens with two attached hydrogens (primary N) is 1. The molecule has 1 unspecified atom stereocenters. The summed E-state index contributed by atoms with van der Waals surface area (Å²) in [5.74, 6) is -1.08. The zero-order chi connectivity index (χ0) is 17.4. The van der Waals surface area contributed by atoms with Crippen LogP contribution in [0.25, 0.3) is 0 Å². The molecule has 2 heterocycles. The topological polar surface area (TPSA) is 91.8 Å². The van der Waals surface area contributed by atoms with Gasteiger partial charge in [-0.2, -0.15) is 0 Å². The number of carbonyl (C=O) groups is 1. The number of carbonyl (C=O) groups excluding carboxylic acids is 1. The average Bonchev–Trinajstić information content (AvgIpc) is 2.53. The molecule has 0 aliphatic carbocycles. The summed E-state index contributed by atoms with van der Waals surface area (Å²) in [6.07, 6.45) is 0. The average molecular weight is 348 g/mol. The third kappa shape index (κ3) is 2.55. The number of methoxy groups -OCH3 is 1. The third-order valence-corrected chi connectivity index (χ3v) is 4.10. The maximum atomic E-state index is 12.4. The first-order valence-corrected chi connectivity index (χ1v) is 7.46. The van der Waals surface area contributed by atoms with Gasteiger partial charge in [-0.05, 0) is 18.6 Å². The molecule has 124 valence electrons. The van der Waals surface area contributed by atoms with Crippen LogP contribution in [0.3, 0.4) is 0 Å². The lowest BCUT2D eigenvalue weighted by Gasteiger charge is -2.27. The monoisotopic (exact) mass is 347 g/mol. The molecule has 0 saturated carbocycles. The lowest BCUT2D eigenvalue weighted by Crippen LogP contribution is -2.30. The summed E-state index contributed by atoms with van der Waals surface area (Å²) in [6, 6.07) is 8.40. The SMILES string of the molecule is COC(=O)C1=C(N)Oc2cc(C)oc(=O)c2C1c1ccccc1Cl. The summed E-state index contributed by atoms with van der Waals surface area (Å²) in [6.45, 7) is 1.62. The van der Waals surface area contributed by atoms with Gasteiger partial charge in [-0.25, -0.2) is 9.59 Å². The minimum absolute atomic E-state index is 0.00857. The van der Waals surface area contributed by atoms with Crippen LogP contribution in [0.1, 0.15) is 22.8 Å². The zero-order valence-corrected chi connectivity index (χ0v) is 13.7. The number of rotatable bonds is 2. The van der Waals surface area contributed by atoms with Gasteiger partial charge in [0.2, 0.25) is 5.88 Å². The van der Waals surface area contributed by atoms with Crippen molar-refractivity contribution in [2.45, 2.75) is 12.8 Å². The smallest absolute Gasteiger partial charge is 0.343 e. The Hall–Kier alpha value is -2.73. The number of hydrogen-bond donors (Lipinski definition) is 1. The number of esters is 1. The number of hydrogen-bond acceptors (Lipinski definition) is 6. The van der Waals surface area contributed by atoms with Crippen molar-refractivity contribution < 1.29 is 18.7 Å². The minimum Gasteiger partial charge on any atom is -0.465 e. The van der Waals surface area contributed by atoms with Gasteiger partial charge in [0.25, 0.3) is 0 Å². The van der Waals surface area contributed by atoms with E-state index < -0.39 is 17.5 Å². The van der Waals surface area contributed by atoms with Crippen LogP contribution < -0.4 is 16.1 Å². The molecule has 1 aromatic carbocycles. The van der Waals surface area contributed by atoms with Crippen molar-refractivity contribution in [3.63, 3.8) is 0 Å². The van der Waals surface area contributed by atoms with Gasteiger partial charge in [0.05, 0.1) is 18.6 Å². The number of halogens is 1. The molecule has 0 spiro atoms. The quantitative estimate of drug-likeness (QED) is 0.839. The Bertz CT molecular complexity index is 915. The first-order chi connectivity index (χ1) is 11.4. The van der Waals surface area contributed by atoms with E-state index in [0.717, 1.165) is 0 Å². The normalized spacial score (nSPS) is 16.4. The summed E-state index contributed by atoms with van der Waals surface area (Å²) < 4.78 is 15.4. The van der Waals surface area contributed by atoms with Crippen molar-refractivity contribution in [1.29, 1.82) is 0 Å². The fourth-order valence-corrected chi connectivity index (χ4v) is 2.99. The van der Waals surface area contributed by atoms with Gasteiger partial charge in [-0.1, -0.05) is 29.8 Å². The van der Waals surface area contributed by atoms with Crippen LogP contribution in [-0.4, -0.2) is 13.1 Å². The fourth-order valence-electron chi connectivity index (χ4n) is 2.75. The van der Waals surface area contributed by atoms with Crippen LogP contribution in [0, 0.1) is 6.92 Å². The summed E-state index contributed by atoms with van der Waals surface area (Å²) in [4.78, 5) is 24.7. The van der Waals surface area contributed by atoms with E-state index in [9.17, 15) is 9.59 Å². The van der Waals surface area contributed by atoms with E-state index in [1.165, 1.54) is 7.11 Å². The van der Waals surface area contributed by atoms with E-state index in [1.807, 2.05) is 0 Å². The number of fused-ring (bicyclic) bond motifs is 1. The Kier molecular flexibility index (Phi) is 4.07. The lowest BCUT2D eigenvalue weighted by molar-refractivity contribution is -0.136. The predicted molar refractivity (Wildman–Crippen MR) is 86.9 cm³/mol. The van der Waals surface area contributed by atoms with Gasteiger partial charge >= 0.3 is 11.6 Å². The number of ether oxygens (including phenoxy) is 2. The zero-order valence-electron chi connectivity index (χ0n) is 13.0. The molecule has 0 bridgehead atoms. The molecule has 1 aliphatic heterocycles. The molecule has 0 amide bonds. The van der Waals surface area contributed by atoms with Crippen molar-refractivity contribution >= 4 is 17.6 Å². The van der Waals surface area contributed by atoms with Crippen molar-refractivity contribution in [1.82, 2.24) is 0 Å². The second-order valence-corrected chi connectivity index (χ2v) is 5.66. The minimum atomic E-state index is -0.841. The van der Waals surface area contributed by atoms with E-state index >= 15 is 0 Å². The van der Waals surface area contributed by atoms with Crippen molar-refractivity contribution in [3.8, 4) is 5.75 Å². The molecule has 0 fully saturated rings. The third-order valence-electron chi connectivity index (χ3n) is 3.76. The van der Waals surface area contributed by atoms with Gasteiger partial charge < -0.3 is 19.6 Å². The lowest BCUT2D eigenvalue weighted by atomic mass is 9.83. The van der Waals surface area contributed by atoms with Gasteiger partial charge in [-0.15, -0.1) is 0 Å². The maximum absolute atomic E-state index is 12.4. The van der Waals surface area contributed by atoms with Crippen LogP contribution in [0.15, 0.2) is 51.0 Å².